The van der Waals surface area contributed by atoms with Gasteiger partial charge >= 0.3 is 0 Å². The van der Waals surface area contributed by atoms with E-state index >= 15 is 0 Å². The fraction of sp³-hybridized carbons (Fsp3) is 0.276. The average molecular weight is 545 g/mol. The van der Waals surface area contributed by atoms with Crippen LogP contribution in [0, 0.1) is 22.7 Å². The molecular weight excluding hydrogens is 518 g/mol. The molecule has 1 aliphatic carbocycles. The zero-order valence-corrected chi connectivity index (χ0v) is 22.4. The summed E-state index contributed by atoms with van der Waals surface area (Å²) < 4.78 is 0.880. The number of nitrogens with one attached hydrogen (secondary N) is 1. The summed E-state index contributed by atoms with van der Waals surface area (Å²) in [4.78, 5) is 19.7. The van der Waals surface area contributed by atoms with E-state index in [-0.39, 0.29) is 11.3 Å². The molecule has 0 fully saturated rings. The van der Waals surface area contributed by atoms with Gasteiger partial charge in [0.2, 0.25) is 0 Å². The van der Waals surface area contributed by atoms with Crippen molar-refractivity contribution in [3.63, 3.8) is 0 Å². The maximum atomic E-state index is 13.7. The van der Waals surface area contributed by atoms with Crippen molar-refractivity contribution in [2.24, 2.45) is 11.3 Å². The molecular formula is C29H26BrN3OS. The second kappa shape index (κ2) is 9.22. The number of thiophene rings is 1. The molecule has 176 valence electrons. The zero-order valence-electron chi connectivity index (χ0n) is 20.0. The number of hydrogen-bond acceptors (Lipinski definition) is 4. The van der Waals surface area contributed by atoms with Gasteiger partial charge in [0.05, 0.1) is 22.3 Å². The van der Waals surface area contributed by atoms with Gasteiger partial charge in [-0.1, -0.05) is 67.0 Å². The van der Waals surface area contributed by atoms with Crippen LogP contribution in [0.15, 0.2) is 59.1 Å². The number of fused-ring (bicyclic) bond motifs is 2. The van der Waals surface area contributed by atoms with Crippen molar-refractivity contribution < 1.29 is 4.79 Å². The number of benzene rings is 2. The summed E-state index contributed by atoms with van der Waals surface area (Å²) in [6, 6.07) is 19.8. The van der Waals surface area contributed by atoms with Crippen LogP contribution < -0.4 is 5.32 Å². The number of nitriles is 1. The van der Waals surface area contributed by atoms with E-state index in [2.05, 4.69) is 48.1 Å². The van der Waals surface area contributed by atoms with Gasteiger partial charge in [-0.2, -0.15) is 5.26 Å². The second-order valence-corrected chi connectivity index (χ2v) is 12.2. The van der Waals surface area contributed by atoms with Crippen LogP contribution in [0.25, 0.3) is 22.2 Å². The van der Waals surface area contributed by atoms with Gasteiger partial charge in [-0.05, 0) is 60.4 Å². The summed E-state index contributed by atoms with van der Waals surface area (Å²) in [6.07, 6.45) is 2.91. The summed E-state index contributed by atoms with van der Waals surface area (Å²) in [7, 11) is 0. The molecule has 5 rings (SSSR count). The third-order valence-electron chi connectivity index (χ3n) is 6.91. The molecule has 0 saturated heterocycles. The minimum absolute atomic E-state index is 0.217. The SMILES string of the molecule is CC(C)(C)[C@H]1CCc2c(sc(NC(=O)c3cc(-c4ccccc4)nc4ccc(Br)cc34)c2C#N)C1. The number of amides is 1. The minimum atomic E-state index is -0.227. The van der Waals surface area contributed by atoms with Crippen molar-refractivity contribution in [1.29, 1.82) is 5.26 Å². The Hall–Kier alpha value is -3.01. The number of carbonyl (C=O) groups is 1. The van der Waals surface area contributed by atoms with E-state index in [0.29, 0.717) is 22.0 Å². The summed E-state index contributed by atoms with van der Waals surface area (Å²) in [5.74, 6) is 0.341. The quantitative estimate of drug-likeness (QED) is 0.284. The van der Waals surface area contributed by atoms with E-state index in [9.17, 15) is 10.1 Å². The van der Waals surface area contributed by atoms with Crippen LogP contribution in [0.2, 0.25) is 0 Å². The summed E-state index contributed by atoms with van der Waals surface area (Å²) in [5.41, 5.74) is 4.93. The molecule has 2 aromatic carbocycles. The minimum Gasteiger partial charge on any atom is -0.312 e. The maximum absolute atomic E-state index is 13.7. The van der Waals surface area contributed by atoms with Crippen molar-refractivity contribution >= 4 is 49.1 Å². The van der Waals surface area contributed by atoms with Gasteiger partial charge in [-0.3, -0.25) is 4.79 Å². The molecule has 6 heteroatoms. The lowest BCUT2D eigenvalue weighted by Gasteiger charge is -2.33. The third-order valence-corrected chi connectivity index (χ3v) is 8.58. The molecule has 35 heavy (non-hydrogen) atoms. The van der Waals surface area contributed by atoms with Gasteiger partial charge in [-0.15, -0.1) is 11.3 Å². The van der Waals surface area contributed by atoms with Crippen molar-refractivity contribution in [3.05, 3.63) is 80.6 Å². The Morgan fingerprint density at radius 1 is 1.17 bits per heavy atom. The molecule has 1 aliphatic rings. The number of pyridine rings is 1. The first-order valence-corrected chi connectivity index (χ1v) is 13.4. The monoisotopic (exact) mass is 543 g/mol. The van der Waals surface area contributed by atoms with Crippen LogP contribution in [0.4, 0.5) is 5.00 Å². The third kappa shape index (κ3) is 4.63. The normalized spacial score (nSPS) is 15.5. The molecule has 1 atom stereocenters. The molecule has 0 aliphatic heterocycles. The highest BCUT2D eigenvalue weighted by Gasteiger charge is 2.32. The number of nitrogens with zero attached hydrogens (tertiary/aromatic N) is 2. The van der Waals surface area contributed by atoms with E-state index in [0.717, 1.165) is 51.5 Å². The van der Waals surface area contributed by atoms with Gasteiger partial charge in [0.1, 0.15) is 11.1 Å². The van der Waals surface area contributed by atoms with Crippen LogP contribution in [-0.2, 0) is 12.8 Å². The lowest BCUT2D eigenvalue weighted by Crippen LogP contribution is -2.26. The van der Waals surface area contributed by atoms with Gasteiger partial charge < -0.3 is 5.32 Å². The van der Waals surface area contributed by atoms with Gasteiger partial charge in [0.15, 0.2) is 0 Å². The van der Waals surface area contributed by atoms with Crippen molar-refractivity contribution in [3.8, 4) is 17.3 Å². The Morgan fingerprint density at radius 2 is 1.94 bits per heavy atom. The Morgan fingerprint density at radius 3 is 2.66 bits per heavy atom. The fourth-order valence-electron chi connectivity index (χ4n) is 4.84. The molecule has 0 bridgehead atoms. The molecule has 4 aromatic rings. The largest absolute Gasteiger partial charge is 0.312 e. The number of rotatable bonds is 3. The highest BCUT2D eigenvalue weighted by Crippen LogP contribution is 2.44. The van der Waals surface area contributed by atoms with E-state index in [1.807, 2.05) is 54.6 Å². The standard InChI is InChI=1S/C29H26BrN3OS/c1-29(2,3)18-9-11-20-23(16-31)28(35-26(20)13-18)33-27(34)22-15-25(17-7-5-4-6-8-17)32-24-12-10-19(30)14-21(22)24/h4-8,10,12,14-15,18H,9,11,13H2,1-3H3,(H,33,34)/t18-/m0/s1. The van der Waals surface area contributed by atoms with Crippen molar-refractivity contribution in [1.82, 2.24) is 4.98 Å². The molecule has 0 spiro atoms. The highest BCUT2D eigenvalue weighted by molar-refractivity contribution is 9.10. The number of aromatic nitrogens is 1. The van der Waals surface area contributed by atoms with E-state index in [4.69, 9.17) is 4.98 Å². The Labute approximate surface area is 218 Å². The number of anilines is 1. The first kappa shape index (κ1) is 23.7. The molecule has 4 nitrogen and oxygen atoms in total. The Bertz CT molecular complexity index is 1480. The maximum Gasteiger partial charge on any atom is 0.257 e. The Kier molecular flexibility index (Phi) is 6.25. The lowest BCUT2D eigenvalue weighted by molar-refractivity contribution is 0.102. The van der Waals surface area contributed by atoms with Crippen LogP contribution in [0.5, 0.6) is 0 Å². The van der Waals surface area contributed by atoms with Gasteiger partial charge in [0.25, 0.3) is 5.91 Å². The summed E-state index contributed by atoms with van der Waals surface area (Å²) in [5, 5.41) is 14.5. The molecule has 0 saturated carbocycles. The summed E-state index contributed by atoms with van der Waals surface area (Å²) in [6.45, 7) is 6.84. The molecule has 0 radical (unpaired) electrons. The van der Waals surface area contributed by atoms with Crippen LogP contribution in [-0.4, -0.2) is 10.9 Å². The smallest absolute Gasteiger partial charge is 0.257 e. The predicted octanol–water partition coefficient (Wildman–Crippen LogP) is 8.00. The van der Waals surface area contributed by atoms with Crippen molar-refractivity contribution in [2.45, 2.75) is 40.0 Å². The van der Waals surface area contributed by atoms with Gasteiger partial charge in [-0.25, -0.2) is 4.98 Å². The predicted molar refractivity (Wildman–Crippen MR) is 147 cm³/mol. The van der Waals surface area contributed by atoms with Crippen LogP contribution in [0.3, 0.4) is 0 Å². The fourth-order valence-corrected chi connectivity index (χ4v) is 6.48. The van der Waals surface area contributed by atoms with E-state index in [1.165, 1.54) is 4.88 Å². The molecule has 1 N–H and O–H groups in total. The number of carbonyl (C=O) groups excluding carboxylic acids is 1. The second-order valence-electron chi connectivity index (χ2n) is 10.2. The van der Waals surface area contributed by atoms with Crippen molar-refractivity contribution in [2.75, 3.05) is 5.32 Å². The average Bonchev–Trinajstić information content (AvgIpc) is 3.19. The zero-order chi connectivity index (χ0) is 24.7. The molecule has 2 aromatic heterocycles. The Balaban J connectivity index is 1.55. The highest BCUT2D eigenvalue weighted by atomic mass is 79.9. The lowest BCUT2D eigenvalue weighted by atomic mass is 9.72. The topological polar surface area (TPSA) is 65.8 Å². The van der Waals surface area contributed by atoms with Gasteiger partial charge in [0, 0.05) is 20.3 Å². The molecule has 0 unspecified atom stereocenters. The first-order chi connectivity index (χ1) is 16.7. The number of halogens is 1. The molecule has 1 amide bonds. The van der Waals surface area contributed by atoms with Crippen LogP contribution in [0.1, 0.15) is 53.6 Å². The summed E-state index contributed by atoms with van der Waals surface area (Å²) >= 11 is 5.09. The van der Waals surface area contributed by atoms with E-state index in [1.54, 1.807) is 11.3 Å². The first-order valence-electron chi connectivity index (χ1n) is 11.8. The molecule has 2 heterocycles. The van der Waals surface area contributed by atoms with E-state index < -0.39 is 0 Å². The number of hydrogen-bond donors (Lipinski definition) is 1. The van der Waals surface area contributed by atoms with Crippen LogP contribution >= 0.6 is 27.3 Å².